The number of aryl methyl sites for hydroxylation is 2. The molecule has 0 spiro atoms. The summed E-state index contributed by atoms with van der Waals surface area (Å²) in [7, 11) is 0. The number of phenolic OH excluding ortho intramolecular Hbond substituents is 1. The maximum Gasteiger partial charge on any atom is 0.187 e. The molecule has 0 bridgehead atoms. The number of Topliss-reactive ketones (excluding diaryl/α,β-unsaturated/α-hetero) is 1. The van der Waals surface area contributed by atoms with Crippen LogP contribution in [-0.4, -0.2) is 23.6 Å². The normalized spacial score (nSPS) is 11.2. The third-order valence-electron chi connectivity index (χ3n) is 2.80. The van der Waals surface area contributed by atoms with E-state index in [1.54, 1.807) is 38.1 Å². The van der Waals surface area contributed by atoms with Gasteiger partial charge in [0, 0.05) is 16.3 Å². The van der Waals surface area contributed by atoms with E-state index in [2.05, 4.69) is 20.9 Å². The lowest BCUT2D eigenvalue weighted by molar-refractivity contribution is 0.100. The van der Waals surface area contributed by atoms with E-state index < -0.39 is 0 Å². The fourth-order valence-electron chi connectivity index (χ4n) is 1.85. The summed E-state index contributed by atoms with van der Waals surface area (Å²) < 4.78 is 6.15. The quantitative estimate of drug-likeness (QED) is 0.684. The monoisotopic (exact) mass is 335 g/mol. The minimum atomic E-state index is -0.106. The van der Waals surface area contributed by atoms with E-state index in [9.17, 15) is 9.90 Å². The second-order valence-electron chi connectivity index (χ2n) is 4.42. The predicted octanol–water partition coefficient (Wildman–Crippen LogP) is 3.67. The van der Waals surface area contributed by atoms with Crippen molar-refractivity contribution in [1.82, 2.24) is 0 Å². The third kappa shape index (κ3) is 3.36. The summed E-state index contributed by atoms with van der Waals surface area (Å²) in [6.07, 6.45) is 1.49. The van der Waals surface area contributed by atoms with Gasteiger partial charge in [-0.1, -0.05) is 15.9 Å². The van der Waals surface area contributed by atoms with Crippen LogP contribution in [0, 0.1) is 13.8 Å². The Kier molecular flexibility index (Phi) is 4.39. The third-order valence-corrected chi connectivity index (χ3v) is 3.29. The van der Waals surface area contributed by atoms with Crippen molar-refractivity contribution in [3.05, 3.63) is 51.4 Å². The second kappa shape index (κ2) is 6.05. The number of rotatable bonds is 4. The highest BCUT2D eigenvalue weighted by Crippen LogP contribution is 2.20. The number of furan rings is 1. The molecule has 0 unspecified atom stereocenters. The molecule has 0 saturated carbocycles. The van der Waals surface area contributed by atoms with Gasteiger partial charge in [0.2, 0.25) is 0 Å². The molecule has 0 atom stereocenters. The number of aromatic hydroxyl groups is 1. The minimum absolute atomic E-state index is 0.0196. The number of carbonyl (C=O) groups is 1. The lowest BCUT2D eigenvalue weighted by Gasteiger charge is -1.99. The molecule has 0 aliphatic carbocycles. The molecule has 0 fully saturated rings. The van der Waals surface area contributed by atoms with Crippen molar-refractivity contribution < 1.29 is 14.3 Å². The van der Waals surface area contributed by atoms with Crippen LogP contribution >= 0.6 is 15.9 Å². The van der Waals surface area contributed by atoms with Gasteiger partial charge in [-0.3, -0.25) is 9.79 Å². The summed E-state index contributed by atoms with van der Waals surface area (Å²) >= 11 is 3.31. The van der Waals surface area contributed by atoms with Crippen LogP contribution in [0.3, 0.4) is 0 Å². The van der Waals surface area contributed by atoms with Gasteiger partial charge < -0.3 is 9.52 Å². The van der Waals surface area contributed by atoms with Crippen LogP contribution in [0.1, 0.15) is 27.4 Å². The topological polar surface area (TPSA) is 62.8 Å². The molecule has 2 aromatic rings. The van der Waals surface area contributed by atoms with Crippen molar-refractivity contribution in [2.45, 2.75) is 13.8 Å². The predicted molar refractivity (Wildman–Crippen MR) is 80.8 cm³/mol. The molecule has 0 amide bonds. The number of carbonyl (C=O) groups excluding carboxylic acids is 1. The van der Waals surface area contributed by atoms with Gasteiger partial charge in [0.15, 0.2) is 5.78 Å². The Morgan fingerprint density at radius 2 is 2.15 bits per heavy atom. The standard InChI is InChI=1S/C15H14BrNO3/c1-9-5-13(10(2)20-9)15(19)8-17-7-11-6-12(16)3-4-14(11)18/h3-7,18H,8H2,1-2H3. The summed E-state index contributed by atoms with van der Waals surface area (Å²) in [5.74, 6) is 1.33. The van der Waals surface area contributed by atoms with Gasteiger partial charge in [0.05, 0.1) is 5.56 Å². The summed E-state index contributed by atoms with van der Waals surface area (Å²) in [6.45, 7) is 3.57. The van der Waals surface area contributed by atoms with Gasteiger partial charge in [-0.15, -0.1) is 0 Å². The first-order valence-electron chi connectivity index (χ1n) is 6.06. The Morgan fingerprint density at radius 3 is 2.80 bits per heavy atom. The van der Waals surface area contributed by atoms with E-state index in [-0.39, 0.29) is 18.1 Å². The van der Waals surface area contributed by atoms with Crippen LogP contribution in [0.4, 0.5) is 0 Å². The Labute approximate surface area is 125 Å². The van der Waals surface area contributed by atoms with E-state index in [1.807, 2.05) is 0 Å². The lowest BCUT2D eigenvalue weighted by Crippen LogP contribution is -2.03. The average molecular weight is 336 g/mol. The van der Waals surface area contributed by atoms with Gasteiger partial charge in [0.1, 0.15) is 23.8 Å². The number of ketones is 1. The number of hydrogen-bond donors (Lipinski definition) is 1. The smallest absolute Gasteiger partial charge is 0.187 e. The molecule has 0 aliphatic heterocycles. The average Bonchev–Trinajstić information content (AvgIpc) is 2.72. The van der Waals surface area contributed by atoms with Crippen molar-refractivity contribution in [2.24, 2.45) is 4.99 Å². The molecule has 0 aliphatic rings. The van der Waals surface area contributed by atoms with Crippen LogP contribution in [0.15, 0.2) is 38.1 Å². The van der Waals surface area contributed by atoms with E-state index in [1.165, 1.54) is 6.21 Å². The van der Waals surface area contributed by atoms with Gasteiger partial charge >= 0.3 is 0 Å². The SMILES string of the molecule is Cc1cc(C(=O)CN=Cc2cc(Br)ccc2O)c(C)o1. The van der Waals surface area contributed by atoms with Gasteiger partial charge in [0.25, 0.3) is 0 Å². The molecular weight excluding hydrogens is 322 g/mol. The van der Waals surface area contributed by atoms with Crippen molar-refractivity contribution in [3.8, 4) is 5.75 Å². The Hall–Kier alpha value is -1.88. The Balaban J connectivity index is 2.08. The van der Waals surface area contributed by atoms with Gasteiger partial charge in [-0.25, -0.2) is 0 Å². The highest BCUT2D eigenvalue weighted by atomic mass is 79.9. The zero-order valence-electron chi connectivity index (χ0n) is 11.2. The van der Waals surface area contributed by atoms with Crippen molar-refractivity contribution in [2.75, 3.05) is 6.54 Å². The molecule has 0 radical (unpaired) electrons. The fraction of sp³-hybridized carbons (Fsp3) is 0.200. The maximum atomic E-state index is 12.0. The molecule has 20 heavy (non-hydrogen) atoms. The molecule has 1 aromatic carbocycles. The van der Waals surface area contributed by atoms with E-state index in [4.69, 9.17) is 4.42 Å². The highest BCUT2D eigenvalue weighted by Gasteiger charge is 2.12. The summed E-state index contributed by atoms with van der Waals surface area (Å²) in [5.41, 5.74) is 1.12. The van der Waals surface area contributed by atoms with Gasteiger partial charge in [-0.2, -0.15) is 0 Å². The number of nitrogens with zero attached hydrogens (tertiary/aromatic N) is 1. The molecule has 5 heteroatoms. The molecule has 1 heterocycles. The minimum Gasteiger partial charge on any atom is -0.507 e. The molecule has 4 nitrogen and oxygen atoms in total. The van der Waals surface area contributed by atoms with Crippen molar-refractivity contribution in [1.29, 1.82) is 0 Å². The molecular formula is C15H14BrNO3. The number of benzene rings is 1. The number of hydrogen-bond acceptors (Lipinski definition) is 4. The highest BCUT2D eigenvalue weighted by molar-refractivity contribution is 9.10. The van der Waals surface area contributed by atoms with Crippen LogP contribution in [0.25, 0.3) is 0 Å². The summed E-state index contributed by atoms with van der Waals surface area (Å²) in [4.78, 5) is 16.0. The summed E-state index contributed by atoms with van der Waals surface area (Å²) in [5, 5.41) is 9.65. The Bertz CT molecular complexity index is 674. The maximum absolute atomic E-state index is 12.0. The van der Waals surface area contributed by atoms with E-state index in [0.717, 1.165) is 4.47 Å². The summed E-state index contributed by atoms with van der Waals surface area (Å²) in [6, 6.07) is 6.74. The molecule has 2 rings (SSSR count). The largest absolute Gasteiger partial charge is 0.507 e. The fourth-order valence-corrected chi connectivity index (χ4v) is 2.23. The second-order valence-corrected chi connectivity index (χ2v) is 5.34. The molecule has 1 N–H and O–H groups in total. The molecule has 104 valence electrons. The van der Waals surface area contributed by atoms with Gasteiger partial charge in [-0.05, 0) is 38.1 Å². The van der Waals surface area contributed by atoms with Crippen LogP contribution < -0.4 is 0 Å². The Morgan fingerprint density at radius 1 is 1.40 bits per heavy atom. The number of aliphatic imine (C=N–C) groups is 1. The van der Waals surface area contributed by atoms with E-state index >= 15 is 0 Å². The van der Waals surface area contributed by atoms with Crippen LogP contribution in [0.2, 0.25) is 0 Å². The molecule has 0 saturated heterocycles. The van der Waals surface area contributed by atoms with Crippen molar-refractivity contribution in [3.63, 3.8) is 0 Å². The zero-order chi connectivity index (χ0) is 14.7. The first-order chi connectivity index (χ1) is 9.47. The number of phenols is 1. The van der Waals surface area contributed by atoms with Crippen LogP contribution in [-0.2, 0) is 0 Å². The first kappa shape index (κ1) is 14.5. The number of halogens is 1. The lowest BCUT2D eigenvalue weighted by atomic mass is 10.1. The zero-order valence-corrected chi connectivity index (χ0v) is 12.8. The molecule has 1 aromatic heterocycles. The van der Waals surface area contributed by atoms with Crippen LogP contribution in [0.5, 0.6) is 5.75 Å². The van der Waals surface area contributed by atoms with E-state index in [0.29, 0.717) is 22.6 Å². The first-order valence-corrected chi connectivity index (χ1v) is 6.85. The van der Waals surface area contributed by atoms with Crippen molar-refractivity contribution >= 4 is 27.9 Å².